The van der Waals surface area contributed by atoms with Gasteiger partial charge in [0, 0.05) is 17.9 Å². The zero-order valence-corrected chi connectivity index (χ0v) is 15.2. The number of benzene rings is 2. The number of hydrogen-bond acceptors (Lipinski definition) is 4. The fourth-order valence-electron chi connectivity index (χ4n) is 1.80. The van der Waals surface area contributed by atoms with Gasteiger partial charge in [-0.2, -0.15) is 0 Å². The predicted molar refractivity (Wildman–Crippen MR) is 99.4 cm³/mol. The molecule has 0 aromatic heterocycles. The summed E-state index contributed by atoms with van der Waals surface area (Å²) in [6, 6.07) is 9.14. The number of thioether (sulfide) groups is 1. The van der Waals surface area contributed by atoms with Crippen molar-refractivity contribution in [1.82, 2.24) is 0 Å². The Morgan fingerprint density at radius 2 is 1.79 bits per heavy atom. The number of nitro benzene ring substituents is 1. The van der Waals surface area contributed by atoms with Crippen molar-refractivity contribution in [2.75, 3.05) is 11.1 Å². The van der Waals surface area contributed by atoms with Crippen LogP contribution in [0.3, 0.4) is 0 Å². The van der Waals surface area contributed by atoms with Gasteiger partial charge in [-0.15, -0.1) is 11.8 Å². The minimum absolute atomic E-state index is 0.141. The van der Waals surface area contributed by atoms with Crippen LogP contribution in [0.4, 0.5) is 11.4 Å². The number of nitrogens with zero attached hydrogens (tertiary/aromatic N) is 1. The molecule has 1 amide bonds. The van der Waals surface area contributed by atoms with E-state index >= 15 is 0 Å². The molecule has 2 rings (SSSR count). The molecule has 0 bridgehead atoms. The molecule has 9 heteroatoms. The fraction of sp³-hybridized carbons (Fsp3) is 0.133. The van der Waals surface area contributed by atoms with Crippen LogP contribution in [0.2, 0.25) is 15.1 Å². The Kier molecular flexibility index (Phi) is 6.74. The lowest BCUT2D eigenvalue weighted by atomic mass is 10.2. The van der Waals surface area contributed by atoms with Crippen LogP contribution in [0.1, 0.15) is 5.56 Å². The van der Waals surface area contributed by atoms with Crippen LogP contribution in [-0.4, -0.2) is 16.6 Å². The monoisotopic (exact) mass is 404 g/mol. The van der Waals surface area contributed by atoms with Gasteiger partial charge in [-0.05, 0) is 23.8 Å². The molecule has 0 aliphatic heterocycles. The number of carbonyl (C=O) groups is 1. The van der Waals surface area contributed by atoms with E-state index in [0.29, 0.717) is 15.8 Å². The third-order valence-electron chi connectivity index (χ3n) is 2.92. The third kappa shape index (κ3) is 5.27. The van der Waals surface area contributed by atoms with Gasteiger partial charge in [-0.1, -0.05) is 40.9 Å². The number of rotatable bonds is 6. The van der Waals surface area contributed by atoms with Gasteiger partial charge in [-0.3, -0.25) is 14.9 Å². The second kappa shape index (κ2) is 8.58. The van der Waals surface area contributed by atoms with E-state index in [1.54, 1.807) is 12.1 Å². The highest BCUT2D eigenvalue weighted by Crippen LogP contribution is 2.27. The highest BCUT2D eigenvalue weighted by atomic mass is 35.5. The lowest BCUT2D eigenvalue weighted by Gasteiger charge is -2.07. The van der Waals surface area contributed by atoms with Crippen molar-refractivity contribution in [2.24, 2.45) is 0 Å². The molecular weight excluding hydrogens is 395 g/mol. The van der Waals surface area contributed by atoms with Gasteiger partial charge >= 0.3 is 0 Å². The van der Waals surface area contributed by atoms with Crippen molar-refractivity contribution in [3.63, 3.8) is 0 Å². The van der Waals surface area contributed by atoms with Gasteiger partial charge in [0.25, 0.3) is 5.69 Å². The zero-order chi connectivity index (χ0) is 17.7. The molecule has 126 valence electrons. The number of hydrogen-bond donors (Lipinski definition) is 1. The van der Waals surface area contributed by atoms with Crippen LogP contribution in [0.5, 0.6) is 0 Å². The average molecular weight is 406 g/mol. The summed E-state index contributed by atoms with van der Waals surface area (Å²) >= 11 is 19.1. The molecule has 0 unspecified atom stereocenters. The Morgan fingerprint density at radius 1 is 1.08 bits per heavy atom. The van der Waals surface area contributed by atoms with E-state index in [1.165, 1.54) is 30.0 Å². The molecule has 1 N–H and O–H groups in total. The van der Waals surface area contributed by atoms with Crippen LogP contribution in [-0.2, 0) is 10.5 Å². The highest BCUT2D eigenvalue weighted by molar-refractivity contribution is 7.99. The number of nitrogens with one attached hydrogen (secondary N) is 1. The number of halogens is 3. The van der Waals surface area contributed by atoms with Crippen LogP contribution >= 0.6 is 46.6 Å². The molecule has 0 atom stereocenters. The molecule has 24 heavy (non-hydrogen) atoms. The molecule has 0 spiro atoms. The van der Waals surface area contributed by atoms with Crippen molar-refractivity contribution >= 4 is 63.8 Å². The van der Waals surface area contributed by atoms with Crippen LogP contribution in [0, 0.1) is 10.1 Å². The Labute approximate surface area is 157 Å². The normalized spacial score (nSPS) is 10.5. The predicted octanol–water partition coefficient (Wildman–Crippen LogP) is 5.43. The highest BCUT2D eigenvalue weighted by Gasteiger charge is 2.12. The van der Waals surface area contributed by atoms with Gasteiger partial charge < -0.3 is 5.32 Å². The summed E-state index contributed by atoms with van der Waals surface area (Å²) in [4.78, 5) is 22.2. The standard InChI is InChI=1S/C15H11Cl3N2O3S/c16-11-3-1-9(5-13(11)18)7-24-8-15(21)19-14-6-10(20(22)23)2-4-12(14)17/h1-6H,7-8H2,(H,19,21). The van der Waals surface area contributed by atoms with E-state index in [1.807, 2.05) is 6.07 Å². The Bertz CT molecular complexity index is 787. The topological polar surface area (TPSA) is 72.2 Å². The van der Waals surface area contributed by atoms with Crippen molar-refractivity contribution in [3.8, 4) is 0 Å². The Morgan fingerprint density at radius 3 is 2.46 bits per heavy atom. The lowest BCUT2D eigenvalue weighted by molar-refractivity contribution is -0.384. The second-order valence-corrected chi connectivity index (χ2v) is 6.92. The van der Waals surface area contributed by atoms with E-state index in [9.17, 15) is 14.9 Å². The zero-order valence-electron chi connectivity index (χ0n) is 12.1. The SMILES string of the molecule is O=C(CSCc1ccc(Cl)c(Cl)c1)Nc1cc([N+](=O)[O-])ccc1Cl. The first-order chi connectivity index (χ1) is 11.4. The quantitative estimate of drug-likeness (QED) is 0.514. The van der Waals surface area contributed by atoms with Gasteiger partial charge in [0.15, 0.2) is 0 Å². The Balaban J connectivity index is 1.90. The van der Waals surface area contributed by atoms with Crippen LogP contribution in [0.15, 0.2) is 36.4 Å². The van der Waals surface area contributed by atoms with E-state index in [0.717, 1.165) is 5.56 Å². The minimum atomic E-state index is -0.551. The second-order valence-electron chi connectivity index (χ2n) is 4.71. The van der Waals surface area contributed by atoms with E-state index < -0.39 is 4.92 Å². The maximum absolute atomic E-state index is 11.9. The van der Waals surface area contributed by atoms with Crippen molar-refractivity contribution < 1.29 is 9.72 Å². The number of anilines is 1. The van der Waals surface area contributed by atoms with Gasteiger partial charge in [0.05, 0.1) is 31.4 Å². The van der Waals surface area contributed by atoms with Crippen molar-refractivity contribution in [3.05, 3.63) is 67.1 Å². The summed E-state index contributed by atoms with van der Waals surface area (Å²) in [5.74, 6) is 0.439. The van der Waals surface area contributed by atoms with Crippen molar-refractivity contribution in [2.45, 2.75) is 5.75 Å². The van der Waals surface area contributed by atoms with Crippen LogP contribution < -0.4 is 5.32 Å². The summed E-state index contributed by atoms with van der Waals surface area (Å²) in [5, 5.41) is 14.5. The summed E-state index contributed by atoms with van der Waals surface area (Å²) in [6.45, 7) is 0. The number of non-ortho nitro benzene ring substituents is 1. The number of nitro groups is 1. The third-order valence-corrected chi connectivity index (χ3v) is 4.99. The smallest absolute Gasteiger partial charge is 0.271 e. The van der Waals surface area contributed by atoms with Gasteiger partial charge in [-0.25, -0.2) is 0 Å². The molecule has 0 aliphatic carbocycles. The number of carbonyl (C=O) groups excluding carboxylic acids is 1. The summed E-state index contributed by atoms with van der Waals surface area (Å²) < 4.78 is 0. The average Bonchev–Trinajstić information content (AvgIpc) is 2.52. The first-order valence-corrected chi connectivity index (χ1v) is 8.91. The molecule has 2 aromatic rings. The van der Waals surface area contributed by atoms with Crippen molar-refractivity contribution in [1.29, 1.82) is 0 Å². The molecular formula is C15H11Cl3N2O3S. The summed E-state index contributed by atoms with van der Waals surface area (Å²) in [6.07, 6.45) is 0. The van der Waals surface area contributed by atoms with E-state index in [2.05, 4.69) is 5.32 Å². The van der Waals surface area contributed by atoms with E-state index in [4.69, 9.17) is 34.8 Å². The van der Waals surface area contributed by atoms with Crippen LogP contribution in [0.25, 0.3) is 0 Å². The fourth-order valence-corrected chi connectivity index (χ4v) is 3.06. The largest absolute Gasteiger partial charge is 0.324 e. The molecule has 0 radical (unpaired) electrons. The maximum Gasteiger partial charge on any atom is 0.271 e. The molecule has 0 heterocycles. The molecule has 0 aliphatic rings. The first kappa shape index (κ1) is 18.9. The van der Waals surface area contributed by atoms with Gasteiger partial charge in [0.1, 0.15) is 0 Å². The van der Waals surface area contributed by atoms with Gasteiger partial charge in [0.2, 0.25) is 5.91 Å². The summed E-state index contributed by atoms with van der Waals surface area (Å²) in [5.41, 5.74) is 1.01. The molecule has 5 nitrogen and oxygen atoms in total. The number of amides is 1. The minimum Gasteiger partial charge on any atom is -0.324 e. The Hall–Kier alpha value is -1.47. The molecule has 0 fully saturated rings. The molecule has 0 saturated heterocycles. The molecule has 2 aromatic carbocycles. The maximum atomic E-state index is 11.9. The van der Waals surface area contributed by atoms with E-state index in [-0.39, 0.29) is 28.1 Å². The first-order valence-electron chi connectivity index (χ1n) is 6.62. The summed E-state index contributed by atoms with van der Waals surface area (Å²) in [7, 11) is 0. The lowest BCUT2D eigenvalue weighted by Crippen LogP contribution is -2.14. The molecule has 0 saturated carbocycles.